The first-order valence-electron chi connectivity index (χ1n) is 12.7. The lowest BCUT2D eigenvalue weighted by Crippen LogP contribution is -2.44. The highest BCUT2D eigenvalue weighted by Crippen LogP contribution is 2.30. The van der Waals surface area contributed by atoms with Crippen molar-refractivity contribution < 1.29 is 28.7 Å². The van der Waals surface area contributed by atoms with Crippen molar-refractivity contribution in [3.63, 3.8) is 0 Å². The minimum atomic E-state index is -0.817. The van der Waals surface area contributed by atoms with E-state index in [1.54, 1.807) is 12.1 Å². The Morgan fingerprint density at radius 2 is 1.86 bits per heavy atom. The first-order chi connectivity index (χ1) is 17.7. The van der Waals surface area contributed by atoms with E-state index in [4.69, 9.17) is 14.2 Å². The van der Waals surface area contributed by atoms with Crippen LogP contribution in [0.15, 0.2) is 36.8 Å². The van der Waals surface area contributed by atoms with Gasteiger partial charge in [-0.15, -0.1) is 0 Å². The number of rotatable bonds is 13. The Morgan fingerprint density at radius 3 is 2.46 bits per heavy atom. The van der Waals surface area contributed by atoms with Gasteiger partial charge in [-0.05, 0) is 54.4 Å². The van der Waals surface area contributed by atoms with Crippen molar-refractivity contribution in [1.82, 2.24) is 14.5 Å². The average molecular weight is 517 g/mol. The number of nitro groups is 1. The Morgan fingerprint density at radius 1 is 1.16 bits per heavy atom. The predicted molar refractivity (Wildman–Crippen MR) is 135 cm³/mol. The molecule has 0 saturated carbocycles. The summed E-state index contributed by atoms with van der Waals surface area (Å²) in [6, 6.07) is 5.65. The molecule has 0 radical (unpaired) electrons. The zero-order chi connectivity index (χ0) is 26.9. The van der Waals surface area contributed by atoms with E-state index in [9.17, 15) is 19.7 Å². The first-order valence-corrected chi connectivity index (χ1v) is 12.7. The van der Waals surface area contributed by atoms with Gasteiger partial charge in [-0.2, -0.15) is 0 Å². The van der Waals surface area contributed by atoms with Crippen LogP contribution in [0.1, 0.15) is 65.3 Å². The minimum Gasteiger partial charge on any atom is -0.491 e. The van der Waals surface area contributed by atoms with Gasteiger partial charge in [-0.1, -0.05) is 32.6 Å². The van der Waals surface area contributed by atoms with E-state index in [0.717, 1.165) is 31.4 Å². The highest BCUT2D eigenvalue weighted by Gasteiger charge is 2.44. The van der Waals surface area contributed by atoms with Crippen LogP contribution >= 0.6 is 0 Å². The lowest BCUT2D eigenvalue weighted by molar-refractivity contribution is -0.389. The van der Waals surface area contributed by atoms with Gasteiger partial charge in [0.2, 0.25) is 12.2 Å². The molecule has 0 unspecified atom stereocenters. The Labute approximate surface area is 216 Å². The molecule has 202 valence electrons. The number of nitrogens with zero attached hydrogens (tertiary/aromatic N) is 4. The normalized spacial score (nSPS) is 18.0. The Balaban J connectivity index is 1.78. The zero-order valence-corrected chi connectivity index (χ0v) is 21.9. The van der Waals surface area contributed by atoms with Crippen LogP contribution in [0.3, 0.4) is 0 Å². The molecule has 1 saturated heterocycles. The number of aromatic nitrogens is 2. The number of hydrogen-bond acceptors (Lipinski definition) is 8. The second kappa shape index (κ2) is 13.1. The SMILES string of the molecule is CCCCCC[C@H](C(=O)N1C[C@@H](Oc2ccc(OC(C)C)cc2)C[C@H]1C(=O)OC)n1cnc([N+](=O)[O-])c1. The molecule has 1 aromatic heterocycles. The number of carbonyl (C=O) groups excluding carboxylic acids is 2. The molecule has 2 heterocycles. The van der Waals surface area contributed by atoms with Crippen LogP contribution in [0.5, 0.6) is 11.5 Å². The summed E-state index contributed by atoms with van der Waals surface area (Å²) in [5.74, 6) is 0.148. The second-order valence-corrected chi connectivity index (χ2v) is 9.44. The van der Waals surface area contributed by atoms with Crippen LogP contribution < -0.4 is 9.47 Å². The van der Waals surface area contributed by atoms with Gasteiger partial charge >= 0.3 is 11.8 Å². The number of amides is 1. The van der Waals surface area contributed by atoms with Crippen molar-refractivity contribution in [3.05, 3.63) is 46.9 Å². The fraction of sp³-hybridized carbons (Fsp3) is 0.577. The van der Waals surface area contributed by atoms with E-state index in [0.29, 0.717) is 12.2 Å². The molecule has 1 aromatic carbocycles. The summed E-state index contributed by atoms with van der Waals surface area (Å²) in [6.45, 7) is 6.17. The van der Waals surface area contributed by atoms with E-state index in [-0.39, 0.29) is 30.8 Å². The molecule has 3 rings (SSSR count). The van der Waals surface area contributed by atoms with Crippen molar-refractivity contribution in [3.8, 4) is 11.5 Å². The van der Waals surface area contributed by atoms with Gasteiger partial charge in [0.05, 0.1) is 19.8 Å². The summed E-state index contributed by atoms with van der Waals surface area (Å²) in [6.07, 6.45) is 6.69. The molecule has 0 aliphatic carbocycles. The largest absolute Gasteiger partial charge is 0.491 e. The number of benzene rings is 1. The van der Waals surface area contributed by atoms with Crippen molar-refractivity contribution in [1.29, 1.82) is 0 Å². The molecule has 11 nitrogen and oxygen atoms in total. The van der Waals surface area contributed by atoms with Gasteiger partial charge in [-0.25, -0.2) is 4.79 Å². The number of imidazole rings is 1. The summed E-state index contributed by atoms with van der Waals surface area (Å²) < 4.78 is 18.2. The smallest absolute Gasteiger partial charge is 0.381 e. The van der Waals surface area contributed by atoms with Crippen LogP contribution in [0, 0.1) is 10.1 Å². The Bertz CT molecular complexity index is 1050. The number of esters is 1. The van der Waals surface area contributed by atoms with Gasteiger partial charge in [0.1, 0.15) is 35.9 Å². The quantitative estimate of drug-likeness (QED) is 0.167. The summed E-state index contributed by atoms with van der Waals surface area (Å²) in [7, 11) is 1.29. The Hall–Kier alpha value is -3.63. The molecular weight excluding hydrogens is 480 g/mol. The van der Waals surface area contributed by atoms with Crippen LogP contribution in [0.2, 0.25) is 0 Å². The molecule has 1 amide bonds. The lowest BCUT2D eigenvalue weighted by Gasteiger charge is -2.27. The zero-order valence-electron chi connectivity index (χ0n) is 21.9. The van der Waals surface area contributed by atoms with Crippen LogP contribution in [-0.4, -0.2) is 63.2 Å². The van der Waals surface area contributed by atoms with Gasteiger partial charge < -0.3 is 29.2 Å². The van der Waals surface area contributed by atoms with E-state index < -0.39 is 29.1 Å². The number of ether oxygens (including phenoxy) is 3. The highest BCUT2D eigenvalue weighted by molar-refractivity contribution is 5.87. The molecule has 0 N–H and O–H groups in total. The fourth-order valence-electron chi connectivity index (χ4n) is 4.49. The van der Waals surface area contributed by atoms with Crippen LogP contribution in [0.4, 0.5) is 5.82 Å². The van der Waals surface area contributed by atoms with E-state index in [1.807, 2.05) is 26.0 Å². The predicted octanol–water partition coefficient (Wildman–Crippen LogP) is 4.31. The van der Waals surface area contributed by atoms with Crippen LogP contribution in [0.25, 0.3) is 0 Å². The van der Waals surface area contributed by atoms with Gasteiger partial charge in [0.15, 0.2) is 0 Å². The number of unbranched alkanes of at least 4 members (excludes halogenated alkanes) is 3. The van der Waals surface area contributed by atoms with Gasteiger partial charge in [-0.3, -0.25) is 9.36 Å². The average Bonchev–Trinajstić information content (AvgIpc) is 3.52. The molecule has 3 atom stereocenters. The number of methoxy groups -OCH3 is 1. The number of likely N-dealkylation sites (tertiary alicyclic amines) is 1. The summed E-state index contributed by atoms with van der Waals surface area (Å²) >= 11 is 0. The fourth-order valence-corrected chi connectivity index (χ4v) is 4.49. The molecule has 37 heavy (non-hydrogen) atoms. The Kier molecular flexibility index (Phi) is 9.87. The maximum absolute atomic E-state index is 13.8. The van der Waals surface area contributed by atoms with Crippen molar-refractivity contribution in [2.45, 2.75) is 83.6 Å². The van der Waals surface area contributed by atoms with Crippen LogP contribution in [-0.2, 0) is 14.3 Å². The monoisotopic (exact) mass is 516 g/mol. The number of carbonyl (C=O) groups is 2. The molecule has 2 aromatic rings. The third kappa shape index (κ3) is 7.43. The van der Waals surface area contributed by atoms with Gasteiger partial charge in [0.25, 0.3) is 0 Å². The standard InChI is InChI=1S/C26H36N4O7/c1-5-6-7-8-9-22(28-16-24(27-17-28)30(33)34)25(31)29-15-21(14-23(29)26(32)35-4)37-20-12-10-19(11-13-20)36-18(2)3/h10-13,16-18,21-23H,5-9,14-15H2,1-4H3/t21-,22+,23-/m0/s1. The van der Waals surface area contributed by atoms with Crippen molar-refractivity contribution in [2.75, 3.05) is 13.7 Å². The van der Waals surface area contributed by atoms with E-state index >= 15 is 0 Å². The maximum Gasteiger partial charge on any atom is 0.381 e. The van der Waals surface area contributed by atoms with E-state index in [2.05, 4.69) is 11.9 Å². The highest BCUT2D eigenvalue weighted by atomic mass is 16.6. The topological polar surface area (TPSA) is 126 Å². The molecule has 0 bridgehead atoms. The first kappa shape index (κ1) is 27.9. The molecule has 1 aliphatic rings. The molecular formula is C26H36N4O7. The number of hydrogen-bond donors (Lipinski definition) is 0. The van der Waals surface area contributed by atoms with Gasteiger partial charge in [0, 0.05) is 6.42 Å². The van der Waals surface area contributed by atoms with Crippen molar-refractivity contribution >= 4 is 17.7 Å². The molecule has 1 aliphatic heterocycles. The lowest BCUT2D eigenvalue weighted by atomic mass is 10.1. The molecule has 11 heteroatoms. The minimum absolute atomic E-state index is 0.0498. The maximum atomic E-state index is 13.8. The summed E-state index contributed by atoms with van der Waals surface area (Å²) in [5.41, 5.74) is 0. The molecule has 0 spiro atoms. The summed E-state index contributed by atoms with van der Waals surface area (Å²) in [5, 5.41) is 11.2. The van der Waals surface area contributed by atoms with Crippen molar-refractivity contribution in [2.24, 2.45) is 0 Å². The third-order valence-corrected chi connectivity index (χ3v) is 6.27. The molecule has 1 fully saturated rings. The van der Waals surface area contributed by atoms with E-state index in [1.165, 1.54) is 29.1 Å². The third-order valence-electron chi connectivity index (χ3n) is 6.27. The summed E-state index contributed by atoms with van der Waals surface area (Å²) in [4.78, 5) is 42.3. The second-order valence-electron chi connectivity index (χ2n) is 9.44.